The van der Waals surface area contributed by atoms with Crippen LogP contribution in [0.25, 0.3) is 0 Å². The molecule has 1 N–H and O–H groups in total. The maximum Gasteiger partial charge on any atom is 0.239 e. The quantitative estimate of drug-likeness (QED) is 0.843. The van der Waals surface area contributed by atoms with Gasteiger partial charge in [0.2, 0.25) is 5.91 Å². The van der Waals surface area contributed by atoms with E-state index in [0.29, 0.717) is 6.54 Å². The minimum absolute atomic E-state index is 0.0501. The minimum Gasteiger partial charge on any atom is -0.354 e. The highest BCUT2D eigenvalue weighted by molar-refractivity contribution is 9.11. The van der Waals surface area contributed by atoms with Gasteiger partial charge < -0.3 is 10.2 Å². The van der Waals surface area contributed by atoms with Crippen molar-refractivity contribution in [3.63, 3.8) is 0 Å². The predicted molar refractivity (Wildman–Crippen MR) is 69.5 cm³/mol. The first-order chi connectivity index (χ1) is 7.66. The van der Waals surface area contributed by atoms with Gasteiger partial charge in [-0.3, -0.25) is 4.79 Å². The summed E-state index contributed by atoms with van der Waals surface area (Å²) in [6.45, 7) is 1.95. The highest BCUT2D eigenvalue weighted by atomic mass is 79.9. The van der Waals surface area contributed by atoms with Crippen molar-refractivity contribution in [1.29, 1.82) is 0 Å². The first-order valence-electron chi connectivity index (χ1n) is 4.99. The lowest BCUT2D eigenvalue weighted by molar-refractivity contribution is -0.119. The van der Waals surface area contributed by atoms with Crippen molar-refractivity contribution < 1.29 is 4.79 Å². The molecule has 2 rings (SSSR count). The smallest absolute Gasteiger partial charge is 0.239 e. The fourth-order valence-electron chi connectivity index (χ4n) is 1.63. The highest BCUT2D eigenvalue weighted by Crippen LogP contribution is 2.26. The standard InChI is InChI=1S/C10H11Br2N3O/c11-7-4-8(12)10(14-5-7)15-3-1-2-13-9(16)6-15/h4-5H,1-3,6H2,(H,13,16). The van der Waals surface area contributed by atoms with E-state index in [1.165, 1.54) is 0 Å². The zero-order valence-corrected chi connectivity index (χ0v) is 11.7. The molecule has 1 aliphatic rings. The van der Waals surface area contributed by atoms with Gasteiger partial charge in [-0.1, -0.05) is 0 Å². The Morgan fingerprint density at radius 2 is 2.25 bits per heavy atom. The van der Waals surface area contributed by atoms with Crippen LogP contribution in [0.4, 0.5) is 5.82 Å². The molecular weight excluding hydrogens is 338 g/mol. The number of halogens is 2. The number of nitrogens with zero attached hydrogens (tertiary/aromatic N) is 2. The number of amides is 1. The zero-order valence-electron chi connectivity index (χ0n) is 8.54. The van der Waals surface area contributed by atoms with E-state index in [4.69, 9.17) is 0 Å². The Balaban J connectivity index is 2.24. The summed E-state index contributed by atoms with van der Waals surface area (Å²) in [5.41, 5.74) is 0. The van der Waals surface area contributed by atoms with Crippen molar-refractivity contribution in [2.45, 2.75) is 6.42 Å². The van der Waals surface area contributed by atoms with Gasteiger partial charge in [-0.15, -0.1) is 0 Å². The molecule has 1 aliphatic heterocycles. The minimum atomic E-state index is 0.0501. The molecule has 1 amide bonds. The molecule has 0 radical (unpaired) electrons. The number of carbonyl (C=O) groups is 1. The Bertz CT molecular complexity index is 411. The third-order valence-corrected chi connectivity index (χ3v) is 3.37. The van der Waals surface area contributed by atoms with E-state index >= 15 is 0 Å². The Morgan fingerprint density at radius 1 is 1.44 bits per heavy atom. The number of nitrogens with one attached hydrogen (secondary N) is 1. The summed E-state index contributed by atoms with van der Waals surface area (Å²) >= 11 is 6.82. The molecule has 1 fully saturated rings. The summed E-state index contributed by atoms with van der Waals surface area (Å²) in [6.07, 6.45) is 2.68. The summed E-state index contributed by atoms with van der Waals surface area (Å²) in [5, 5.41) is 2.84. The Morgan fingerprint density at radius 3 is 3.00 bits per heavy atom. The van der Waals surface area contributed by atoms with E-state index < -0.39 is 0 Å². The second-order valence-electron chi connectivity index (χ2n) is 3.58. The molecule has 4 nitrogen and oxygen atoms in total. The average molecular weight is 349 g/mol. The van der Waals surface area contributed by atoms with Crippen LogP contribution in [0.3, 0.4) is 0 Å². The molecule has 0 spiro atoms. The van der Waals surface area contributed by atoms with Crippen molar-refractivity contribution in [2.24, 2.45) is 0 Å². The van der Waals surface area contributed by atoms with Crippen molar-refractivity contribution in [3.8, 4) is 0 Å². The third kappa shape index (κ3) is 2.74. The lowest BCUT2D eigenvalue weighted by Gasteiger charge is -2.21. The number of rotatable bonds is 1. The van der Waals surface area contributed by atoms with Gasteiger partial charge >= 0.3 is 0 Å². The molecule has 16 heavy (non-hydrogen) atoms. The molecule has 0 unspecified atom stereocenters. The number of hydrogen-bond donors (Lipinski definition) is 1. The number of pyridine rings is 1. The summed E-state index contributed by atoms with van der Waals surface area (Å²) in [6, 6.07) is 1.94. The highest BCUT2D eigenvalue weighted by Gasteiger charge is 2.18. The van der Waals surface area contributed by atoms with Crippen molar-refractivity contribution >= 4 is 43.6 Å². The number of hydrogen-bond acceptors (Lipinski definition) is 3. The predicted octanol–water partition coefficient (Wildman–Crippen LogP) is 1.93. The van der Waals surface area contributed by atoms with E-state index in [9.17, 15) is 4.79 Å². The van der Waals surface area contributed by atoms with Gasteiger partial charge in [-0.2, -0.15) is 0 Å². The van der Waals surface area contributed by atoms with Crippen LogP contribution in [0, 0.1) is 0 Å². The molecule has 0 bridgehead atoms. The molecule has 0 aromatic carbocycles. The van der Waals surface area contributed by atoms with Gasteiger partial charge in [0.05, 0.1) is 11.0 Å². The van der Waals surface area contributed by atoms with Crippen LogP contribution >= 0.6 is 31.9 Å². The van der Waals surface area contributed by atoms with Crippen LogP contribution in [0.1, 0.15) is 6.42 Å². The van der Waals surface area contributed by atoms with Crippen LogP contribution < -0.4 is 10.2 Å². The second-order valence-corrected chi connectivity index (χ2v) is 5.35. The molecule has 0 saturated carbocycles. The van der Waals surface area contributed by atoms with Gasteiger partial charge in [0.1, 0.15) is 5.82 Å². The van der Waals surface area contributed by atoms with E-state index in [2.05, 4.69) is 42.2 Å². The molecular formula is C10H11Br2N3O. The lowest BCUT2D eigenvalue weighted by Crippen LogP contribution is -2.33. The van der Waals surface area contributed by atoms with E-state index in [1.807, 2.05) is 11.0 Å². The van der Waals surface area contributed by atoms with Crippen LogP contribution in [0.15, 0.2) is 21.2 Å². The first kappa shape index (κ1) is 11.9. The van der Waals surface area contributed by atoms with E-state index in [-0.39, 0.29) is 5.91 Å². The number of carbonyl (C=O) groups excluding carboxylic acids is 1. The SMILES string of the molecule is O=C1CN(c2ncc(Br)cc2Br)CCCN1. The number of anilines is 1. The second kappa shape index (κ2) is 5.14. The molecule has 1 saturated heterocycles. The van der Waals surface area contributed by atoms with Crippen molar-refractivity contribution in [1.82, 2.24) is 10.3 Å². The average Bonchev–Trinajstić information content (AvgIpc) is 2.43. The molecule has 1 aromatic rings. The molecule has 1 aromatic heterocycles. The fourth-order valence-corrected chi connectivity index (χ4v) is 2.87. The molecule has 0 atom stereocenters. The van der Waals surface area contributed by atoms with Crippen molar-refractivity contribution in [2.75, 3.05) is 24.5 Å². The molecule has 0 aliphatic carbocycles. The van der Waals surface area contributed by atoms with Gasteiger partial charge in [0.25, 0.3) is 0 Å². The summed E-state index contributed by atoms with van der Waals surface area (Å²) in [5.74, 6) is 0.870. The molecule has 6 heteroatoms. The monoisotopic (exact) mass is 347 g/mol. The van der Waals surface area contributed by atoms with Gasteiger partial charge in [0.15, 0.2) is 0 Å². The lowest BCUT2D eigenvalue weighted by atomic mass is 10.3. The van der Waals surface area contributed by atoms with Crippen LogP contribution in [0.5, 0.6) is 0 Å². The summed E-state index contributed by atoms with van der Waals surface area (Å²) in [4.78, 5) is 17.8. The molecule has 86 valence electrons. The largest absolute Gasteiger partial charge is 0.354 e. The van der Waals surface area contributed by atoms with Gasteiger partial charge in [0, 0.05) is 23.8 Å². The van der Waals surface area contributed by atoms with Gasteiger partial charge in [-0.05, 0) is 44.3 Å². The van der Waals surface area contributed by atoms with Crippen molar-refractivity contribution in [3.05, 3.63) is 21.2 Å². The van der Waals surface area contributed by atoms with E-state index in [0.717, 1.165) is 34.3 Å². The molecule has 2 heterocycles. The van der Waals surface area contributed by atoms with Crippen LogP contribution in [-0.2, 0) is 4.79 Å². The first-order valence-corrected chi connectivity index (χ1v) is 6.58. The summed E-state index contributed by atoms with van der Waals surface area (Å²) < 4.78 is 1.82. The zero-order chi connectivity index (χ0) is 11.5. The normalized spacial score (nSPS) is 16.9. The maximum atomic E-state index is 11.4. The van der Waals surface area contributed by atoms with Crippen LogP contribution in [-0.4, -0.2) is 30.5 Å². The Kier molecular flexibility index (Phi) is 3.81. The fraction of sp³-hybridized carbons (Fsp3) is 0.400. The summed E-state index contributed by atoms with van der Waals surface area (Å²) in [7, 11) is 0. The maximum absolute atomic E-state index is 11.4. The topological polar surface area (TPSA) is 45.2 Å². The number of aromatic nitrogens is 1. The van der Waals surface area contributed by atoms with E-state index in [1.54, 1.807) is 6.20 Å². The Labute approximate surface area is 111 Å². The van der Waals surface area contributed by atoms with Crippen LogP contribution in [0.2, 0.25) is 0 Å². The van der Waals surface area contributed by atoms with Gasteiger partial charge in [-0.25, -0.2) is 4.98 Å². The third-order valence-electron chi connectivity index (χ3n) is 2.35. The Hall–Kier alpha value is -0.620.